The Morgan fingerprint density at radius 2 is 2.00 bits per heavy atom. The molecule has 5 heteroatoms. The van der Waals surface area contributed by atoms with Crippen LogP contribution in [0.15, 0.2) is 30.3 Å². The maximum Gasteiger partial charge on any atom is 0.139 e. The Morgan fingerprint density at radius 3 is 2.81 bits per heavy atom. The van der Waals surface area contributed by atoms with Crippen molar-refractivity contribution in [3.8, 4) is 0 Å². The minimum atomic E-state index is 0.417. The number of anilines is 1. The fourth-order valence-electron chi connectivity index (χ4n) is 2.79. The van der Waals surface area contributed by atoms with Crippen molar-refractivity contribution in [1.29, 1.82) is 0 Å². The first-order valence-corrected chi connectivity index (χ1v) is 7.69. The molecule has 1 aromatic heterocycles. The number of para-hydroxylation sites is 1. The van der Waals surface area contributed by atoms with E-state index < -0.39 is 0 Å². The molecule has 1 aromatic carbocycles. The van der Waals surface area contributed by atoms with Crippen molar-refractivity contribution >= 4 is 33.9 Å². The molecular formula is C16H20N4S. The second-order valence-corrected chi connectivity index (χ2v) is 6.00. The van der Waals surface area contributed by atoms with Crippen molar-refractivity contribution in [2.24, 2.45) is 5.73 Å². The van der Waals surface area contributed by atoms with Crippen LogP contribution in [-0.2, 0) is 0 Å². The highest BCUT2D eigenvalue weighted by Gasteiger charge is 2.18. The Balaban J connectivity index is 2.06. The van der Waals surface area contributed by atoms with Gasteiger partial charge in [-0.2, -0.15) is 0 Å². The van der Waals surface area contributed by atoms with E-state index in [2.05, 4.69) is 22.9 Å². The summed E-state index contributed by atoms with van der Waals surface area (Å²) in [5.74, 6) is 0.927. The highest BCUT2D eigenvalue weighted by atomic mass is 32.1. The van der Waals surface area contributed by atoms with E-state index in [-0.39, 0.29) is 0 Å². The number of aromatic nitrogens is 1. The molecule has 1 aliphatic rings. The van der Waals surface area contributed by atoms with Gasteiger partial charge in [-0.15, -0.1) is 0 Å². The van der Waals surface area contributed by atoms with Crippen molar-refractivity contribution in [3.05, 3.63) is 35.9 Å². The number of benzene rings is 1. The van der Waals surface area contributed by atoms with Gasteiger partial charge in [-0.25, -0.2) is 4.98 Å². The first-order chi connectivity index (χ1) is 10.1. The van der Waals surface area contributed by atoms with Gasteiger partial charge in [-0.1, -0.05) is 30.4 Å². The SMILES string of the molecule is CN1CCCN(c2nc3ccccc3cc2C(N)=S)CC1. The van der Waals surface area contributed by atoms with Gasteiger partial charge in [0.05, 0.1) is 11.1 Å². The summed E-state index contributed by atoms with van der Waals surface area (Å²) in [6.45, 7) is 4.10. The molecule has 0 unspecified atom stereocenters. The topological polar surface area (TPSA) is 45.4 Å². The predicted octanol–water partition coefficient (Wildman–Crippen LogP) is 2.01. The molecule has 1 saturated heterocycles. The molecule has 2 aromatic rings. The van der Waals surface area contributed by atoms with Gasteiger partial charge in [0.15, 0.2) is 0 Å². The highest BCUT2D eigenvalue weighted by molar-refractivity contribution is 7.80. The number of nitrogens with two attached hydrogens (primary N) is 1. The summed E-state index contributed by atoms with van der Waals surface area (Å²) in [5, 5.41) is 1.08. The molecule has 0 saturated carbocycles. The molecular weight excluding hydrogens is 280 g/mol. The molecule has 2 N–H and O–H groups in total. The summed E-state index contributed by atoms with van der Waals surface area (Å²) >= 11 is 5.24. The van der Waals surface area contributed by atoms with Crippen LogP contribution in [-0.4, -0.2) is 48.1 Å². The summed E-state index contributed by atoms with van der Waals surface area (Å²) in [6.07, 6.45) is 1.13. The molecule has 0 radical (unpaired) electrons. The second-order valence-electron chi connectivity index (χ2n) is 5.56. The Bertz CT molecular complexity index is 670. The zero-order chi connectivity index (χ0) is 14.8. The maximum absolute atomic E-state index is 5.93. The minimum Gasteiger partial charge on any atom is -0.389 e. The van der Waals surface area contributed by atoms with Gasteiger partial charge in [-0.3, -0.25) is 0 Å². The number of nitrogens with zero attached hydrogens (tertiary/aromatic N) is 3. The van der Waals surface area contributed by atoms with Crippen LogP contribution in [0.5, 0.6) is 0 Å². The second kappa shape index (κ2) is 5.95. The third-order valence-corrected chi connectivity index (χ3v) is 4.21. The van der Waals surface area contributed by atoms with E-state index in [1.54, 1.807) is 0 Å². The molecule has 0 spiro atoms. The number of thiocarbonyl (C=S) groups is 1. The molecule has 0 bridgehead atoms. The van der Waals surface area contributed by atoms with Gasteiger partial charge < -0.3 is 15.5 Å². The van der Waals surface area contributed by atoms with Crippen LogP contribution in [0.1, 0.15) is 12.0 Å². The van der Waals surface area contributed by atoms with Gasteiger partial charge in [-0.05, 0) is 32.1 Å². The maximum atomic E-state index is 5.93. The summed E-state index contributed by atoms with van der Waals surface area (Å²) < 4.78 is 0. The van der Waals surface area contributed by atoms with Crippen LogP contribution in [0.4, 0.5) is 5.82 Å². The van der Waals surface area contributed by atoms with Crippen LogP contribution < -0.4 is 10.6 Å². The van der Waals surface area contributed by atoms with Gasteiger partial charge in [0.2, 0.25) is 0 Å². The van der Waals surface area contributed by atoms with E-state index in [1.807, 2.05) is 24.3 Å². The van der Waals surface area contributed by atoms with E-state index in [9.17, 15) is 0 Å². The summed E-state index contributed by atoms with van der Waals surface area (Å²) in [6, 6.07) is 10.2. The average Bonchev–Trinajstić information content (AvgIpc) is 2.70. The minimum absolute atomic E-state index is 0.417. The first-order valence-electron chi connectivity index (χ1n) is 7.28. The molecule has 1 aliphatic heterocycles. The van der Waals surface area contributed by atoms with Crippen molar-refractivity contribution in [3.63, 3.8) is 0 Å². The van der Waals surface area contributed by atoms with Crippen LogP contribution in [0.25, 0.3) is 10.9 Å². The summed E-state index contributed by atoms with van der Waals surface area (Å²) in [7, 11) is 2.16. The molecule has 3 rings (SSSR count). The lowest BCUT2D eigenvalue weighted by atomic mass is 10.1. The van der Waals surface area contributed by atoms with Crippen molar-refractivity contribution in [2.45, 2.75) is 6.42 Å². The Hall–Kier alpha value is -1.72. The molecule has 0 atom stereocenters. The molecule has 21 heavy (non-hydrogen) atoms. The van der Waals surface area contributed by atoms with Crippen molar-refractivity contribution in [2.75, 3.05) is 38.1 Å². The molecule has 0 amide bonds. The number of likely N-dealkylation sites (N-methyl/N-ethyl adjacent to an activating group) is 1. The lowest BCUT2D eigenvalue weighted by Gasteiger charge is -2.24. The number of fused-ring (bicyclic) bond motifs is 1. The van der Waals surface area contributed by atoms with Gasteiger partial charge in [0, 0.05) is 25.0 Å². The van der Waals surface area contributed by atoms with E-state index >= 15 is 0 Å². The standard InChI is InChI=1S/C16H20N4S/c1-19-7-4-8-20(10-9-19)16-13(15(17)21)11-12-5-2-3-6-14(12)18-16/h2-3,5-6,11H,4,7-10H2,1H3,(H2,17,21). The third-order valence-electron chi connectivity index (χ3n) is 3.99. The Kier molecular flexibility index (Phi) is 4.03. The zero-order valence-electron chi connectivity index (χ0n) is 12.2. The monoisotopic (exact) mass is 300 g/mol. The third kappa shape index (κ3) is 2.99. The number of hydrogen-bond acceptors (Lipinski definition) is 4. The fraction of sp³-hybridized carbons (Fsp3) is 0.375. The molecule has 1 fully saturated rings. The predicted molar refractivity (Wildman–Crippen MR) is 92.0 cm³/mol. The summed E-state index contributed by atoms with van der Waals surface area (Å²) in [4.78, 5) is 9.90. The van der Waals surface area contributed by atoms with E-state index in [4.69, 9.17) is 22.9 Å². The largest absolute Gasteiger partial charge is 0.389 e. The number of hydrogen-bond donors (Lipinski definition) is 1. The Morgan fingerprint density at radius 1 is 1.19 bits per heavy atom. The summed E-state index contributed by atoms with van der Waals surface area (Å²) in [5.41, 5.74) is 7.81. The number of rotatable bonds is 2. The van der Waals surface area contributed by atoms with Gasteiger partial charge in [0.25, 0.3) is 0 Å². The average molecular weight is 300 g/mol. The van der Waals surface area contributed by atoms with Crippen LogP contribution >= 0.6 is 12.2 Å². The van der Waals surface area contributed by atoms with Crippen LogP contribution in [0.3, 0.4) is 0 Å². The smallest absolute Gasteiger partial charge is 0.139 e. The van der Waals surface area contributed by atoms with Crippen LogP contribution in [0.2, 0.25) is 0 Å². The van der Waals surface area contributed by atoms with E-state index in [1.165, 1.54) is 0 Å². The quantitative estimate of drug-likeness (QED) is 0.860. The van der Waals surface area contributed by atoms with Crippen molar-refractivity contribution < 1.29 is 0 Å². The first kappa shape index (κ1) is 14.2. The van der Waals surface area contributed by atoms with Crippen molar-refractivity contribution in [1.82, 2.24) is 9.88 Å². The van der Waals surface area contributed by atoms with Gasteiger partial charge in [0.1, 0.15) is 10.8 Å². The zero-order valence-corrected chi connectivity index (χ0v) is 13.1. The molecule has 4 nitrogen and oxygen atoms in total. The van der Waals surface area contributed by atoms with E-state index in [0.29, 0.717) is 4.99 Å². The lowest BCUT2D eigenvalue weighted by Crippen LogP contribution is -2.31. The lowest BCUT2D eigenvalue weighted by molar-refractivity contribution is 0.360. The molecule has 0 aliphatic carbocycles. The molecule has 2 heterocycles. The normalized spacial score (nSPS) is 16.9. The fourth-order valence-corrected chi connectivity index (χ4v) is 2.94. The number of pyridine rings is 1. The molecule has 110 valence electrons. The van der Waals surface area contributed by atoms with Gasteiger partial charge >= 0.3 is 0 Å². The van der Waals surface area contributed by atoms with E-state index in [0.717, 1.165) is 54.9 Å². The highest BCUT2D eigenvalue weighted by Crippen LogP contribution is 2.24. The van der Waals surface area contributed by atoms with Crippen LogP contribution in [0, 0.1) is 0 Å². The Labute approximate surface area is 130 Å².